The van der Waals surface area contributed by atoms with E-state index in [4.69, 9.17) is 4.42 Å². The molecule has 2 aromatic heterocycles. The molecule has 0 radical (unpaired) electrons. The smallest absolute Gasteiger partial charge is 0.269 e. The molecule has 3 aromatic rings. The number of non-ortho nitro benzene ring substituents is 1. The summed E-state index contributed by atoms with van der Waals surface area (Å²) in [5, 5.41) is 21.3. The van der Waals surface area contributed by atoms with Crippen LogP contribution in [0.3, 0.4) is 0 Å². The molecule has 1 aliphatic rings. The third-order valence-electron chi connectivity index (χ3n) is 5.88. The minimum atomic E-state index is -0.429. The van der Waals surface area contributed by atoms with Gasteiger partial charge in [-0.1, -0.05) is 20.8 Å². The molecule has 0 saturated carbocycles. The van der Waals surface area contributed by atoms with Crippen molar-refractivity contribution in [3.8, 4) is 17.4 Å². The molecule has 0 amide bonds. The molecule has 1 aliphatic carbocycles. The van der Waals surface area contributed by atoms with Gasteiger partial charge < -0.3 is 4.42 Å². The van der Waals surface area contributed by atoms with Gasteiger partial charge in [-0.2, -0.15) is 5.26 Å². The first-order valence-electron chi connectivity index (χ1n) is 10.2. The Bertz CT molecular complexity index is 1190. The first kappa shape index (κ1) is 21.0. The summed E-state index contributed by atoms with van der Waals surface area (Å²) < 4.78 is 5.83. The SMILES string of the molecule is CC(C)(C)[C@@H]1CCc2c(sc(N=Cc3ccc(-c4ccc([N+](=O)[O-])cc4)o3)c2C#N)C1. The molecule has 0 N–H and O–H groups in total. The third-order valence-corrected chi connectivity index (χ3v) is 7.04. The number of benzene rings is 1. The number of rotatable bonds is 4. The Morgan fingerprint density at radius 2 is 2.00 bits per heavy atom. The average molecular weight is 434 g/mol. The third kappa shape index (κ3) is 4.30. The van der Waals surface area contributed by atoms with Crippen LogP contribution in [0, 0.1) is 32.8 Å². The number of nitriles is 1. The molecular formula is C24H23N3O3S. The van der Waals surface area contributed by atoms with Gasteiger partial charge in [-0.25, -0.2) is 4.99 Å². The van der Waals surface area contributed by atoms with Gasteiger partial charge in [0.05, 0.1) is 16.7 Å². The molecule has 0 aliphatic heterocycles. The van der Waals surface area contributed by atoms with Gasteiger partial charge in [0.15, 0.2) is 0 Å². The van der Waals surface area contributed by atoms with Crippen molar-refractivity contribution in [2.24, 2.45) is 16.3 Å². The predicted octanol–water partition coefficient (Wildman–Crippen LogP) is 6.69. The van der Waals surface area contributed by atoms with Crippen molar-refractivity contribution in [2.45, 2.75) is 40.0 Å². The maximum atomic E-state index is 10.8. The average Bonchev–Trinajstić information content (AvgIpc) is 3.35. The van der Waals surface area contributed by atoms with Gasteiger partial charge in [-0.15, -0.1) is 11.3 Å². The molecule has 7 heteroatoms. The molecule has 0 fully saturated rings. The zero-order chi connectivity index (χ0) is 22.2. The fourth-order valence-electron chi connectivity index (χ4n) is 3.96. The summed E-state index contributed by atoms with van der Waals surface area (Å²) in [4.78, 5) is 16.2. The van der Waals surface area contributed by atoms with Crippen LogP contribution in [0.4, 0.5) is 10.7 Å². The predicted molar refractivity (Wildman–Crippen MR) is 122 cm³/mol. The van der Waals surface area contributed by atoms with Gasteiger partial charge in [-0.05, 0) is 60.4 Å². The summed E-state index contributed by atoms with van der Waals surface area (Å²) in [6.07, 6.45) is 4.66. The van der Waals surface area contributed by atoms with Gasteiger partial charge in [0.2, 0.25) is 0 Å². The maximum Gasteiger partial charge on any atom is 0.269 e. The van der Waals surface area contributed by atoms with Crippen LogP contribution in [-0.4, -0.2) is 11.1 Å². The molecule has 0 spiro atoms. The van der Waals surface area contributed by atoms with Crippen LogP contribution in [0.1, 0.15) is 49.0 Å². The van der Waals surface area contributed by atoms with Gasteiger partial charge in [0, 0.05) is 22.6 Å². The topological polar surface area (TPSA) is 92.4 Å². The highest BCUT2D eigenvalue weighted by Crippen LogP contribution is 2.44. The summed E-state index contributed by atoms with van der Waals surface area (Å²) in [5.74, 6) is 1.78. The summed E-state index contributed by atoms with van der Waals surface area (Å²) in [6.45, 7) is 6.83. The molecule has 0 bridgehead atoms. The number of thiophene rings is 1. The number of aliphatic imine (C=N–C) groups is 1. The van der Waals surface area contributed by atoms with E-state index in [1.54, 1.807) is 41.8 Å². The molecule has 158 valence electrons. The summed E-state index contributed by atoms with van der Waals surface area (Å²) in [7, 11) is 0. The van der Waals surface area contributed by atoms with Crippen molar-refractivity contribution in [2.75, 3.05) is 0 Å². The second kappa shape index (κ2) is 8.12. The number of hydrogen-bond acceptors (Lipinski definition) is 6. The Morgan fingerprint density at radius 3 is 2.65 bits per heavy atom. The lowest BCUT2D eigenvalue weighted by atomic mass is 9.72. The highest BCUT2D eigenvalue weighted by Gasteiger charge is 2.32. The van der Waals surface area contributed by atoms with Crippen molar-refractivity contribution >= 4 is 28.2 Å². The van der Waals surface area contributed by atoms with E-state index in [1.165, 1.54) is 17.0 Å². The zero-order valence-electron chi connectivity index (χ0n) is 17.7. The van der Waals surface area contributed by atoms with Crippen LogP contribution in [0.5, 0.6) is 0 Å². The maximum absolute atomic E-state index is 10.8. The van der Waals surface area contributed by atoms with Crippen molar-refractivity contribution < 1.29 is 9.34 Å². The Kier molecular flexibility index (Phi) is 5.50. The normalized spacial score (nSPS) is 16.3. The highest BCUT2D eigenvalue weighted by atomic mass is 32.1. The minimum Gasteiger partial charge on any atom is -0.455 e. The van der Waals surface area contributed by atoms with Gasteiger partial charge in [0.25, 0.3) is 5.69 Å². The van der Waals surface area contributed by atoms with E-state index in [2.05, 4.69) is 31.8 Å². The van der Waals surface area contributed by atoms with Crippen LogP contribution >= 0.6 is 11.3 Å². The van der Waals surface area contributed by atoms with E-state index in [0.717, 1.165) is 35.4 Å². The van der Waals surface area contributed by atoms with E-state index >= 15 is 0 Å². The van der Waals surface area contributed by atoms with Crippen molar-refractivity contribution in [1.82, 2.24) is 0 Å². The molecular weight excluding hydrogens is 410 g/mol. The number of nitro benzene ring substituents is 1. The van der Waals surface area contributed by atoms with Gasteiger partial charge in [-0.3, -0.25) is 10.1 Å². The number of furan rings is 1. The van der Waals surface area contributed by atoms with E-state index in [0.29, 0.717) is 23.0 Å². The lowest BCUT2D eigenvalue weighted by molar-refractivity contribution is -0.384. The highest BCUT2D eigenvalue weighted by molar-refractivity contribution is 7.16. The van der Waals surface area contributed by atoms with Gasteiger partial charge >= 0.3 is 0 Å². The first-order chi connectivity index (χ1) is 14.8. The second-order valence-corrected chi connectivity index (χ2v) is 9.95. The lowest BCUT2D eigenvalue weighted by Crippen LogP contribution is -2.26. The number of hydrogen-bond donors (Lipinski definition) is 0. The molecule has 2 heterocycles. The number of fused-ring (bicyclic) bond motifs is 1. The Balaban J connectivity index is 1.55. The first-order valence-corrected chi connectivity index (χ1v) is 11.0. The Hall–Kier alpha value is -3.24. The van der Waals surface area contributed by atoms with E-state index in [9.17, 15) is 15.4 Å². The standard InChI is InChI=1S/C24H23N3O3S/c1-24(2,3)16-6-10-19-20(13-25)23(31-22(19)12-16)26-14-18-9-11-21(30-18)15-4-7-17(8-5-15)27(28)29/h4-5,7-9,11,14,16H,6,10,12H2,1-3H3/t16-/m1/s1. The summed E-state index contributed by atoms with van der Waals surface area (Å²) in [6, 6.07) is 12.2. The van der Waals surface area contributed by atoms with Crippen molar-refractivity contribution in [3.63, 3.8) is 0 Å². The minimum absolute atomic E-state index is 0.0384. The van der Waals surface area contributed by atoms with Gasteiger partial charge in [0.1, 0.15) is 22.6 Å². The Labute approximate surface area is 185 Å². The zero-order valence-corrected chi connectivity index (χ0v) is 18.5. The largest absolute Gasteiger partial charge is 0.455 e. The molecule has 6 nitrogen and oxygen atoms in total. The van der Waals surface area contributed by atoms with Crippen LogP contribution in [0.15, 0.2) is 45.8 Å². The molecule has 4 rings (SSSR count). The monoisotopic (exact) mass is 433 g/mol. The van der Waals surface area contributed by atoms with Crippen LogP contribution in [0.25, 0.3) is 11.3 Å². The van der Waals surface area contributed by atoms with Crippen LogP contribution in [0.2, 0.25) is 0 Å². The lowest BCUT2D eigenvalue weighted by Gasteiger charge is -2.33. The molecule has 1 aromatic carbocycles. The fourth-order valence-corrected chi connectivity index (χ4v) is 5.19. The van der Waals surface area contributed by atoms with Crippen molar-refractivity contribution in [1.29, 1.82) is 5.26 Å². The fraction of sp³-hybridized carbons (Fsp3) is 0.333. The molecule has 1 atom stereocenters. The van der Waals surface area contributed by atoms with E-state index < -0.39 is 4.92 Å². The van der Waals surface area contributed by atoms with Crippen molar-refractivity contribution in [3.05, 3.63) is 68.3 Å². The number of nitro groups is 1. The van der Waals surface area contributed by atoms with Crippen LogP contribution < -0.4 is 0 Å². The molecule has 0 saturated heterocycles. The summed E-state index contributed by atoms with van der Waals surface area (Å²) >= 11 is 1.61. The van der Waals surface area contributed by atoms with E-state index in [1.807, 2.05) is 0 Å². The number of nitrogens with zero attached hydrogens (tertiary/aromatic N) is 3. The second-order valence-electron chi connectivity index (χ2n) is 8.87. The summed E-state index contributed by atoms with van der Waals surface area (Å²) in [5.41, 5.74) is 2.89. The van der Waals surface area contributed by atoms with Crippen LogP contribution in [-0.2, 0) is 12.8 Å². The van der Waals surface area contributed by atoms with E-state index in [-0.39, 0.29) is 11.1 Å². The molecule has 31 heavy (non-hydrogen) atoms. The quantitative estimate of drug-likeness (QED) is 0.260. The Morgan fingerprint density at radius 1 is 1.26 bits per heavy atom. The molecule has 0 unspecified atom stereocenters.